The number of rotatable bonds is 6. The van der Waals surface area contributed by atoms with Gasteiger partial charge in [-0.3, -0.25) is 4.79 Å². The molecule has 1 amide bonds. The minimum Gasteiger partial charge on any atom is -0.376 e. The highest BCUT2D eigenvalue weighted by Gasteiger charge is 2.44. The number of nitrogens with zero attached hydrogens (tertiary/aromatic N) is 1. The van der Waals surface area contributed by atoms with Crippen molar-refractivity contribution in [3.63, 3.8) is 0 Å². The number of amides is 1. The molecule has 1 unspecified atom stereocenters. The van der Waals surface area contributed by atoms with E-state index in [1.165, 1.54) is 0 Å². The minimum atomic E-state index is -0.613. The Labute approximate surface area is 140 Å². The molecule has 0 radical (unpaired) electrons. The van der Waals surface area contributed by atoms with Gasteiger partial charge in [0.2, 0.25) is 0 Å². The van der Waals surface area contributed by atoms with Gasteiger partial charge in [0.1, 0.15) is 5.60 Å². The summed E-state index contributed by atoms with van der Waals surface area (Å²) in [5.74, 6) is 0.817. The standard InChI is InChI=1S/C16H30N2O3.ClH/c1-13(2)5-11-21-14-4-10-18(12-14)15(19)16(20-3)6-8-17-9-7-16;/h13-14,17H,4-12H2,1-3H3;1H. The van der Waals surface area contributed by atoms with Crippen molar-refractivity contribution in [3.8, 4) is 0 Å². The maximum absolute atomic E-state index is 12.8. The van der Waals surface area contributed by atoms with Gasteiger partial charge in [-0.25, -0.2) is 0 Å². The number of piperidine rings is 1. The first-order chi connectivity index (χ1) is 10.1. The number of carbonyl (C=O) groups is 1. The first-order valence-electron chi connectivity index (χ1n) is 8.24. The minimum absolute atomic E-state index is 0. The summed E-state index contributed by atoms with van der Waals surface area (Å²) >= 11 is 0. The van der Waals surface area contributed by atoms with Crippen LogP contribution in [0.5, 0.6) is 0 Å². The van der Waals surface area contributed by atoms with Crippen LogP contribution < -0.4 is 5.32 Å². The van der Waals surface area contributed by atoms with Crippen LogP contribution in [-0.4, -0.2) is 62.4 Å². The average molecular weight is 335 g/mol. The van der Waals surface area contributed by atoms with E-state index in [9.17, 15) is 4.79 Å². The summed E-state index contributed by atoms with van der Waals surface area (Å²) in [6.45, 7) is 8.41. The number of hydrogen-bond donors (Lipinski definition) is 1. The van der Waals surface area contributed by atoms with Crippen LogP contribution in [0.25, 0.3) is 0 Å². The summed E-state index contributed by atoms with van der Waals surface area (Å²) in [4.78, 5) is 14.7. The number of ether oxygens (including phenoxy) is 2. The molecule has 1 atom stereocenters. The van der Waals surface area contributed by atoms with Crippen LogP contribution in [0.2, 0.25) is 0 Å². The van der Waals surface area contributed by atoms with E-state index in [2.05, 4.69) is 19.2 Å². The predicted octanol–water partition coefficient (Wildman–Crippen LogP) is 1.84. The van der Waals surface area contributed by atoms with Crippen LogP contribution in [0, 0.1) is 5.92 Å². The Kier molecular flexibility index (Phi) is 8.11. The normalized spacial score (nSPS) is 24.4. The van der Waals surface area contributed by atoms with Gasteiger partial charge in [0, 0.05) is 26.8 Å². The lowest BCUT2D eigenvalue weighted by Gasteiger charge is -2.37. The molecule has 2 aliphatic rings. The summed E-state index contributed by atoms with van der Waals surface area (Å²) in [5, 5.41) is 3.29. The van der Waals surface area contributed by atoms with Gasteiger partial charge in [-0.1, -0.05) is 13.8 Å². The smallest absolute Gasteiger partial charge is 0.254 e. The van der Waals surface area contributed by atoms with E-state index < -0.39 is 5.60 Å². The SMILES string of the molecule is COC1(C(=O)N2CCC(OCCC(C)C)C2)CCNCC1.Cl. The van der Waals surface area contributed by atoms with Gasteiger partial charge in [0.15, 0.2) is 0 Å². The number of nitrogens with one attached hydrogen (secondary N) is 1. The highest BCUT2D eigenvalue weighted by Crippen LogP contribution is 2.27. The molecule has 0 spiro atoms. The molecule has 0 saturated carbocycles. The van der Waals surface area contributed by atoms with Crippen LogP contribution in [0.4, 0.5) is 0 Å². The van der Waals surface area contributed by atoms with E-state index in [-0.39, 0.29) is 24.4 Å². The third-order valence-corrected chi connectivity index (χ3v) is 4.67. The van der Waals surface area contributed by atoms with Crippen LogP contribution in [0.3, 0.4) is 0 Å². The zero-order valence-corrected chi connectivity index (χ0v) is 14.9. The van der Waals surface area contributed by atoms with Gasteiger partial charge in [-0.2, -0.15) is 0 Å². The molecule has 130 valence electrons. The second-order valence-corrected chi connectivity index (χ2v) is 6.66. The Hall–Kier alpha value is -0.360. The molecule has 2 fully saturated rings. The lowest BCUT2D eigenvalue weighted by molar-refractivity contribution is -0.157. The first kappa shape index (κ1) is 19.7. The van der Waals surface area contributed by atoms with Crippen LogP contribution in [0.15, 0.2) is 0 Å². The molecular weight excluding hydrogens is 304 g/mol. The van der Waals surface area contributed by atoms with Gasteiger partial charge in [0.25, 0.3) is 5.91 Å². The number of halogens is 1. The predicted molar refractivity (Wildman–Crippen MR) is 89.5 cm³/mol. The fraction of sp³-hybridized carbons (Fsp3) is 0.938. The molecule has 2 heterocycles. The molecule has 2 saturated heterocycles. The van der Waals surface area contributed by atoms with Gasteiger partial charge < -0.3 is 19.7 Å². The quantitative estimate of drug-likeness (QED) is 0.805. The van der Waals surface area contributed by atoms with E-state index >= 15 is 0 Å². The van der Waals surface area contributed by atoms with Crippen LogP contribution >= 0.6 is 12.4 Å². The lowest BCUT2D eigenvalue weighted by atomic mass is 9.90. The molecule has 0 aromatic carbocycles. The Morgan fingerprint density at radius 3 is 2.64 bits per heavy atom. The zero-order valence-electron chi connectivity index (χ0n) is 14.1. The van der Waals surface area contributed by atoms with Gasteiger partial charge in [-0.05, 0) is 44.7 Å². The number of methoxy groups -OCH3 is 1. The summed E-state index contributed by atoms with van der Waals surface area (Å²) in [6.07, 6.45) is 3.75. The fourth-order valence-corrected chi connectivity index (χ4v) is 3.14. The number of likely N-dealkylation sites (tertiary alicyclic amines) is 1. The molecular formula is C16H31ClN2O3. The van der Waals surface area contributed by atoms with E-state index in [1.54, 1.807) is 7.11 Å². The topological polar surface area (TPSA) is 50.8 Å². The van der Waals surface area contributed by atoms with Gasteiger partial charge in [-0.15, -0.1) is 12.4 Å². The highest BCUT2D eigenvalue weighted by molar-refractivity contribution is 5.86. The third-order valence-electron chi connectivity index (χ3n) is 4.67. The maximum Gasteiger partial charge on any atom is 0.254 e. The van der Waals surface area contributed by atoms with Crippen molar-refractivity contribution in [2.45, 2.75) is 51.2 Å². The summed E-state index contributed by atoms with van der Waals surface area (Å²) in [5.41, 5.74) is -0.613. The van der Waals surface area contributed by atoms with Crippen LogP contribution in [0.1, 0.15) is 39.5 Å². The summed E-state index contributed by atoms with van der Waals surface area (Å²) in [6, 6.07) is 0. The van der Waals surface area contributed by atoms with Crippen molar-refractivity contribution in [3.05, 3.63) is 0 Å². The Morgan fingerprint density at radius 2 is 2.05 bits per heavy atom. The molecule has 0 aromatic rings. The van der Waals surface area contributed by atoms with Crippen LogP contribution in [-0.2, 0) is 14.3 Å². The van der Waals surface area contributed by atoms with Crippen molar-refractivity contribution in [1.29, 1.82) is 0 Å². The van der Waals surface area contributed by atoms with E-state index in [0.717, 1.165) is 58.5 Å². The van der Waals surface area contributed by atoms with Crippen molar-refractivity contribution in [2.75, 3.05) is 39.9 Å². The average Bonchev–Trinajstić information content (AvgIpc) is 2.95. The second kappa shape index (κ2) is 9.06. The van der Waals surface area contributed by atoms with Crippen molar-refractivity contribution < 1.29 is 14.3 Å². The molecule has 6 heteroatoms. The fourth-order valence-electron chi connectivity index (χ4n) is 3.14. The van der Waals surface area contributed by atoms with Gasteiger partial charge in [0.05, 0.1) is 6.10 Å². The maximum atomic E-state index is 12.8. The highest BCUT2D eigenvalue weighted by atomic mass is 35.5. The molecule has 1 N–H and O–H groups in total. The Bertz CT molecular complexity index is 346. The summed E-state index contributed by atoms with van der Waals surface area (Å²) < 4.78 is 11.5. The molecule has 2 rings (SSSR count). The first-order valence-corrected chi connectivity index (χ1v) is 8.24. The van der Waals surface area contributed by atoms with E-state index in [1.807, 2.05) is 4.90 Å². The van der Waals surface area contributed by atoms with Crippen molar-refractivity contribution in [2.24, 2.45) is 5.92 Å². The lowest BCUT2D eigenvalue weighted by Crippen LogP contribution is -2.55. The summed E-state index contributed by atoms with van der Waals surface area (Å²) in [7, 11) is 1.66. The van der Waals surface area contributed by atoms with E-state index in [4.69, 9.17) is 9.47 Å². The Morgan fingerprint density at radius 1 is 1.36 bits per heavy atom. The molecule has 0 aromatic heterocycles. The molecule has 22 heavy (non-hydrogen) atoms. The van der Waals surface area contributed by atoms with E-state index in [0.29, 0.717) is 5.92 Å². The molecule has 5 nitrogen and oxygen atoms in total. The number of hydrogen-bond acceptors (Lipinski definition) is 4. The van der Waals surface area contributed by atoms with Crippen molar-refractivity contribution in [1.82, 2.24) is 10.2 Å². The Balaban J connectivity index is 0.00000242. The third kappa shape index (κ3) is 4.82. The molecule has 0 bridgehead atoms. The monoisotopic (exact) mass is 334 g/mol. The molecule has 2 aliphatic heterocycles. The molecule has 0 aliphatic carbocycles. The second-order valence-electron chi connectivity index (χ2n) is 6.66. The number of carbonyl (C=O) groups excluding carboxylic acids is 1. The van der Waals surface area contributed by atoms with Gasteiger partial charge >= 0.3 is 0 Å². The zero-order chi connectivity index (χ0) is 15.3. The van der Waals surface area contributed by atoms with Crippen molar-refractivity contribution >= 4 is 18.3 Å². The largest absolute Gasteiger partial charge is 0.376 e.